The third-order valence-corrected chi connectivity index (χ3v) is 7.41. The first-order valence-electron chi connectivity index (χ1n) is 10.7. The standard InChI is InChI=1S/C25H18Br2ClN3O5/c1-13-30-18-5-4-16(26)9-17(18)25(32)31(13)29-10-15-8-21(33-2)24(23(28)22(15)27)34-11-14-3-6-19-20(7-14)36-12-35-19/h3-10H,11-12H2,1-2H3. The van der Waals surface area contributed by atoms with Crippen molar-refractivity contribution in [3.63, 3.8) is 0 Å². The molecule has 1 aliphatic rings. The number of fused-ring (bicyclic) bond motifs is 2. The van der Waals surface area contributed by atoms with Gasteiger partial charge in [-0.05, 0) is 64.8 Å². The molecule has 0 saturated heterocycles. The van der Waals surface area contributed by atoms with Crippen molar-refractivity contribution >= 4 is 60.6 Å². The number of aryl methyl sites for hydroxylation is 1. The summed E-state index contributed by atoms with van der Waals surface area (Å²) in [5.41, 5.74) is 1.78. The van der Waals surface area contributed by atoms with Crippen LogP contribution in [0.4, 0.5) is 0 Å². The van der Waals surface area contributed by atoms with E-state index in [1.54, 1.807) is 25.1 Å². The van der Waals surface area contributed by atoms with Crippen LogP contribution < -0.4 is 24.5 Å². The van der Waals surface area contributed by atoms with Gasteiger partial charge in [0.15, 0.2) is 23.0 Å². The first-order chi connectivity index (χ1) is 17.4. The van der Waals surface area contributed by atoms with Gasteiger partial charge in [-0.3, -0.25) is 4.79 Å². The molecule has 1 aromatic heterocycles. The molecular weight excluding hydrogens is 618 g/mol. The van der Waals surface area contributed by atoms with E-state index in [2.05, 4.69) is 41.9 Å². The second kappa shape index (κ2) is 10.1. The summed E-state index contributed by atoms with van der Waals surface area (Å²) in [5.74, 6) is 2.60. The highest BCUT2D eigenvalue weighted by molar-refractivity contribution is 9.10. The van der Waals surface area contributed by atoms with Gasteiger partial charge < -0.3 is 18.9 Å². The SMILES string of the molecule is COc1cc(C=Nn2c(C)nc3ccc(Br)cc3c2=O)c(Br)c(Cl)c1OCc1ccc2c(c1)OCO2. The van der Waals surface area contributed by atoms with Crippen molar-refractivity contribution in [2.75, 3.05) is 13.9 Å². The third-order valence-electron chi connectivity index (χ3n) is 5.48. The van der Waals surface area contributed by atoms with E-state index < -0.39 is 0 Å². The Balaban J connectivity index is 1.45. The molecule has 0 aliphatic carbocycles. The number of nitrogens with zero attached hydrogens (tertiary/aromatic N) is 3. The Bertz CT molecular complexity index is 1590. The maximum atomic E-state index is 13.0. The van der Waals surface area contributed by atoms with Gasteiger partial charge in [-0.1, -0.05) is 33.6 Å². The van der Waals surface area contributed by atoms with Crippen LogP contribution in [0.5, 0.6) is 23.0 Å². The molecule has 5 rings (SSSR count). The van der Waals surface area contributed by atoms with Crippen molar-refractivity contribution in [2.45, 2.75) is 13.5 Å². The van der Waals surface area contributed by atoms with Crippen LogP contribution in [0, 0.1) is 6.92 Å². The summed E-state index contributed by atoms with van der Waals surface area (Å²) in [4.78, 5) is 17.5. The minimum Gasteiger partial charge on any atom is -0.493 e. The largest absolute Gasteiger partial charge is 0.493 e. The van der Waals surface area contributed by atoms with Crippen molar-refractivity contribution in [3.8, 4) is 23.0 Å². The van der Waals surface area contributed by atoms with Crippen LogP contribution in [0.2, 0.25) is 5.02 Å². The van der Waals surface area contributed by atoms with Gasteiger partial charge in [0.1, 0.15) is 17.5 Å². The zero-order chi connectivity index (χ0) is 25.4. The van der Waals surface area contributed by atoms with Gasteiger partial charge in [-0.15, -0.1) is 0 Å². The predicted octanol–water partition coefficient (Wildman–Crippen LogP) is 6.08. The summed E-state index contributed by atoms with van der Waals surface area (Å²) in [6.45, 7) is 2.16. The lowest BCUT2D eigenvalue weighted by Gasteiger charge is -2.15. The van der Waals surface area contributed by atoms with Crippen molar-refractivity contribution < 1.29 is 18.9 Å². The predicted molar refractivity (Wildman–Crippen MR) is 144 cm³/mol. The minimum atomic E-state index is -0.284. The molecule has 1 aliphatic heterocycles. The number of methoxy groups -OCH3 is 1. The smallest absolute Gasteiger partial charge is 0.282 e. The molecule has 0 bridgehead atoms. The number of aromatic nitrogens is 2. The summed E-state index contributed by atoms with van der Waals surface area (Å²) in [5, 5.41) is 5.14. The number of hydrogen-bond donors (Lipinski definition) is 0. The molecular formula is C25H18Br2ClN3O5. The van der Waals surface area contributed by atoms with Gasteiger partial charge in [0.05, 0.1) is 24.2 Å². The van der Waals surface area contributed by atoms with Crippen LogP contribution in [-0.2, 0) is 6.61 Å². The van der Waals surface area contributed by atoms with Crippen LogP contribution in [0.25, 0.3) is 10.9 Å². The topological polar surface area (TPSA) is 84.2 Å². The normalized spacial score (nSPS) is 12.5. The molecule has 0 unspecified atom stereocenters. The Kier molecular flexibility index (Phi) is 6.92. The molecule has 0 amide bonds. The Morgan fingerprint density at radius 2 is 1.97 bits per heavy atom. The monoisotopic (exact) mass is 633 g/mol. The second-order valence-corrected chi connectivity index (χ2v) is 9.87. The molecule has 0 saturated carbocycles. The molecule has 184 valence electrons. The summed E-state index contributed by atoms with van der Waals surface area (Å²) in [6, 6.07) is 12.6. The van der Waals surface area contributed by atoms with Gasteiger partial charge in [0.2, 0.25) is 6.79 Å². The number of ether oxygens (including phenoxy) is 4. The van der Waals surface area contributed by atoms with Crippen LogP contribution in [0.3, 0.4) is 0 Å². The van der Waals surface area contributed by atoms with E-state index in [4.69, 9.17) is 30.5 Å². The fourth-order valence-corrected chi connectivity index (χ4v) is 4.70. The molecule has 2 heterocycles. The molecule has 4 aromatic rings. The van der Waals surface area contributed by atoms with E-state index in [0.29, 0.717) is 54.8 Å². The number of benzene rings is 3. The minimum absolute atomic E-state index is 0.202. The molecule has 0 fully saturated rings. The third kappa shape index (κ3) is 4.68. The Morgan fingerprint density at radius 3 is 2.78 bits per heavy atom. The Labute approximate surface area is 227 Å². The summed E-state index contributed by atoms with van der Waals surface area (Å²) in [7, 11) is 1.52. The Hall–Kier alpha value is -3.08. The Morgan fingerprint density at radius 1 is 1.17 bits per heavy atom. The maximum absolute atomic E-state index is 13.0. The lowest BCUT2D eigenvalue weighted by molar-refractivity contribution is 0.174. The number of hydrogen-bond acceptors (Lipinski definition) is 7. The van der Waals surface area contributed by atoms with E-state index in [0.717, 1.165) is 10.0 Å². The molecule has 0 N–H and O–H groups in total. The molecule has 36 heavy (non-hydrogen) atoms. The van der Waals surface area contributed by atoms with Gasteiger partial charge in [0, 0.05) is 14.5 Å². The van der Waals surface area contributed by atoms with Crippen molar-refractivity contribution in [3.05, 3.63) is 83.7 Å². The maximum Gasteiger partial charge on any atom is 0.282 e. The first kappa shape index (κ1) is 24.6. The zero-order valence-corrected chi connectivity index (χ0v) is 23.0. The van der Waals surface area contributed by atoms with E-state index in [9.17, 15) is 4.79 Å². The van der Waals surface area contributed by atoms with Crippen molar-refractivity contribution in [2.24, 2.45) is 5.10 Å². The highest BCUT2D eigenvalue weighted by Crippen LogP contribution is 2.43. The van der Waals surface area contributed by atoms with Crippen molar-refractivity contribution in [1.29, 1.82) is 0 Å². The van der Waals surface area contributed by atoms with E-state index in [1.807, 2.05) is 24.3 Å². The highest BCUT2D eigenvalue weighted by atomic mass is 79.9. The molecule has 0 radical (unpaired) electrons. The highest BCUT2D eigenvalue weighted by Gasteiger charge is 2.19. The van der Waals surface area contributed by atoms with Gasteiger partial charge in [-0.2, -0.15) is 9.78 Å². The fraction of sp³-hybridized carbons (Fsp3) is 0.160. The average Bonchev–Trinajstić information content (AvgIpc) is 3.34. The summed E-state index contributed by atoms with van der Waals surface area (Å²) >= 11 is 13.5. The van der Waals surface area contributed by atoms with E-state index in [-0.39, 0.29) is 19.0 Å². The molecule has 0 spiro atoms. The molecule has 11 heteroatoms. The van der Waals surface area contributed by atoms with Crippen LogP contribution in [0.1, 0.15) is 17.0 Å². The summed E-state index contributed by atoms with van der Waals surface area (Å²) < 4.78 is 24.9. The fourth-order valence-electron chi connectivity index (χ4n) is 3.69. The van der Waals surface area contributed by atoms with Gasteiger partial charge in [-0.25, -0.2) is 4.98 Å². The van der Waals surface area contributed by atoms with Crippen LogP contribution in [0.15, 0.2) is 61.3 Å². The lowest BCUT2D eigenvalue weighted by atomic mass is 10.2. The quantitative estimate of drug-likeness (QED) is 0.239. The van der Waals surface area contributed by atoms with Gasteiger partial charge in [0.25, 0.3) is 5.56 Å². The molecule has 8 nitrogen and oxygen atoms in total. The number of halogens is 3. The van der Waals surface area contributed by atoms with Crippen molar-refractivity contribution in [1.82, 2.24) is 9.66 Å². The zero-order valence-electron chi connectivity index (χ0n) is 19.0. The second-order valence-electron chi connectivity index (χ2n) is 7.78. The van der Waals surface area contributed by atoms with E-state index >= 15 is 0 Å². The first-order valence-corrected chi connectivity index (χ1v) is 12.6. The molecule has 0 atom stereocenters. The van der Waals surface area contributed by atoms with E-state index in [1.165, 1.54) is 18.0 Å². The van der Waals surface area contributed by atoms with Crippen LogP contribution in [-0.4, -0.2) is 29.8 Å². The average molecular weight is 636 g/mol. The van der Waals surface area contributed by atoms with Gasteiger partial charge >= 0.3 is 0 Å². The lowest BCUT2D eigenvalue weighted by Crippen LogP contribution is -2.20. The van der Waals surface area contributed by atoms with Crippen LogP contribution >= 0.6 is 43.5 Å². The summed E-state index contributed by atoms with van der Waals surface area (Å²) in [6.07, 6.45) is 1.51. The number of rotatable bonds is 6. The molecule has 3 aromatic carbocycles.